The summed E-state index contributed by atoms with van der Waals surface area (Å²) in [6.45, 7) is 0. The molecule has 0 saturated heterocycles. The van der Waals surface area contributed by atoms with Crippen molar-refractivity contribution < 1.29 is 21.6 Å². The number of sulfone groups is 1. The number of nitrogens with two attached hydrogens (primary N) is 1. The Balaban J connectivity index is 2.17. The Labute approximate surface area is 126 Å². The van der Waals surface area contributed by atoms with Crippen molar-refractivity contribution in [1.82, 2.24) is 0 Å². The molecule has 0 amide bonds. The highest BCUT2D eigenvalue weighted by molar-refractivity contribution is 7.91. The SMILES string of the molecule is NC(CS(=O)(=O)c1ccccc1)c1ccc(C(F)(F)F)cc1. The molecule has 1 unspecified atom stereocenters. The maximum atomic E-state index is 12.5. The summed E-state index contributed by atoms with van der Waals surface area (Å²) < 4.78 is 61.8. The highest BCUT2D eigenvalue weighted by Crippen LogP contribution is 2.30. The molecule has 22 heavy (non-hydrogen) atoms. The summed E-state index contributed by atoms with van der Waals surface area (Å²) in [5.74, 6) is -0.373. The zero-order valence-electron chi connectivity index (χ0n) is 11.4. The van der Waals surface area contributed by atoms with Crippen molar-refractivity contribution in [3.8, 4) is 0 Å². The topological polar surface area (TPSA) is 60.2 Å². The first-order valence-corrected chi connectivity index (χ1v) is 8.06. The highest BCUT2D eigenvalue weighted by Gasteiger charge is 2.30. The minimum absolute atomic E-state index is 0.136. The van der Waals surface area contributed by atoms with Crippen LogP contribution < -0.4 is 5.73 Å². The van der Waals surface area contributed by atoms with Crippen molar-refractivity contribution in [2.75, 3.05) is 5.75 Å². The zero-order chi connectivity index (χ0) is 16.4. The molecule has 118 valence electrons. The Morgan fingerprint density at radius 1 is 0.955 bits per heavy atom. The van der Waals surface area contributed by atoms with Crippen LogP contribution in [0.25, 0.3) is 0 Å². The molecule has 0 aliphatic carbocycles. The number of hydrogen-bond donors (Lipinski definition) is 1. The van der Waals surface area contributed by atoms with Gasteiger partial charge in [0.15, 0.2) is 9.84 Å². The summed E-state index contributed by atoms with van der Waals surface area (Å²) in [5, 5.41) is 0. The third kappa shape index (κ3) is 3.86. The molecule has 2 N–H and O–H groups in total. The van der Waals surface area contributed by atoms with Crippen LogP contribution in [0.5, 0.6) is 0 Å². The van der Waals surface area contributed by atoms with Crippen LogP contribution in [0.4, 0.5) is 13.2 Å². The molecule has 7 heteroatoms. The van der Waals surface area contributed by atoms with Crippen molar-refractivity contribution in [3.05, 3.63) is 65.7 Å². The predicted molar refractivity (Wildman–Crippen MR) is 76.9 cm³/mol. The van der Waals surface area contributed by atoms with Crippen LogP contribution in [0.1, 0.15) is 17.2 Å². The van der Waals surface area contributed by atoms with Crippen molar-refractivity contribution in [2.45, 2.75) is 17.1 Å². The first-order chi connectivity index (χ1) is 10.2. The van der Waals surface area contributed by atoms with E-state index in [4.69, 9.17) is 5.73 Å². The van der Waals surface area contributed by atoms with E-state index < -0.39 is 27.6 Å². The largest absolute Gasteiger partial charge is 0.416 e. The summed E-state index contributed by atoms with van der Waals surface area (Å²) in [7, 11) is -3.59. The summed E-state index contributed by atoms with van der Waals surface area (Å²) in [4.78, 5) is 0.136. The first kappa shape index (κ1) is 16.5. The molecule has 2 aromatic rings. The van der Waals surface area contributed by atoms with Crippen LogP contribution in [0, 0.1) is 0 Å². The summed E-state index contributed by atoms with van der Waals surface area (Å²) >= 11 is 0. The van der Waals surface area contributed by atoms with Gasteiger partial charge in [0.25, 0.3) is 0 Å². The molecule has 0 heterocycles. The highest BCUT2D eigenvalue weighted by atomic mass is 32.2. The molecule has 2 aromatic carbocycles. The van der Waals surface area contributed by atoms with E-state index in [0.29, 0.717) is 5.56 Å². The van der Waals surface area contributed by atoms with Crippen molar-refractivity contribution in [1.29, 1.82) is 0 Å². The van der Waals surface area contributed by atoms with Gasteiger partial charge in [-0.05, 0) is 29.8 Å². The van der Waals surface area contributed by atoms with Crippen LogP contribution in [0.3, 0.4) is 0 Å². The maximum Gasteiger partial charge on any atom is 0.416 e. The number of halogens is 3. The number of rotatable bonds is 4. The van der Waals surface area contributed by atoms with Gasteiger partial charge in [0.1, 0.15) is 0 Å². The third-order valence-electron chi connectivity index (χ3n) is 3.17. The molecule has 0 aliphatic rings. The predicted octanol–water partition coefficient (Wildman–Crippen LogP) is 3.18. The van der Waals surface area contributed by atoms with Crippen LogP contribution in [-0.4, -0.2) is 14.2 Å². The fraction of sp³-hybridized carbons (Fsp3) is 0.200. The van der Waals surface area contributed by atoms with Gasteiger partial charge in [0.2, 0.25) is 0 Å². The second-order valence-electron chi connectivity index (χ2n) is 4.82. The molecule has 0 fully saturated rings. The van der Waals surface area contributed by atoms with Crippen molar-refractivity contribution in [2.24, 2.45) is 5.73 Å². The minimum atomic E-state index is -4.43. The van der Waals surface area contributed by atoms with Crippen molar-refractivity contribution in [3.63, 3.8) is 0 Å². The van der Waals surface area contributed by atoms with E-state index in [2.05, 4.69) is 0 Å². The van der Waals surface area contributed by atoms with E-state index in [1.165, 1.54) is 24.3 Å². The molecule has 0 radical (unpaired) electrons. The van der Waals surface area contributed by atoms with Gasteiger partial charge in [-0.3, -0.25) is 0 Å². The molecule has 2 rings (SSSR count). The van der Waals surface area contributed by atoms with E-state index in [-0.39, 0.29) is 10.6 Å². The second kappa shape index (κ2) is 6.10. The van der Waals surface area contributed by atoms with Gasteiger partial charge in [0, 0.05) is 6.04 Å². The molecule has 3 nitrogen and oxygen atoms in total. The Morgan fingerprint density at radius 3 is 2.00 bits per heavy atom. The van der Waals surface area contributed by atoms with Gasteiger partial charge in [-0.1, -0.05) is 30.3 Å². The monoisotopic (exact) mass is 329 g/mol. The lowest BCUT2D eigenvalue weighted by Gasteiger charge is -2.14. The van der Waals surface area contributed by atoms with Gasteiger partial charge in [-0.25, -0.2) is 8.42 Å². The standard InChI is InChI=1S/C15H14F3NO2S/c16-15(17,18)12-8-6-11(7-9-12)14(19)10-22(20,21)13-4-2-1-3-5-13/h1-9,14H,10,19H2. The lowest BCUT2D eigenvalue weighted by molar-refractivity contribution is -0.137. The molecule has 0 aromatic heterocycles. The first-order valence-electron chi connectivity index (χ1n) is 6.41. The molecule has 1 atom stereocenters. The molecule has 0 aliphatic heterocycles. The summed E-state index contributed by atoms with van der Waals surface area (Å²) in [5.41, 5.74) is 5.36. The van der Waals surface area contributed by atoms with Crippen LogP contribution in [0.2, 0.25) is 0 Å². The number of benzene rings is 2. The molecular weight excluding hydrogens is 315 g/mol. The molecular formula is C15H14F3NO2S. The Kier molecular flexibility index (Phi) is 4.58. The Hall–Kier alpha value is -1.86. The van der Waals surface area contributed by atoms with Gasteiger partial charge < -0.3 is 5.73 Å². The zero-order valence-corrected chi connectivity index (χ0v) is 12.2. The van der Waals surface area contributed by atoms with Gasteiger partial charge in [-0.2, -0.15) is 13.2 Å². The van der Waals surface area contributed by atoms with Gasteiger partial charge >= 0.3 is 6.18 Å². The second-order valence-corrected chi connectivity index (χ2v) is 6.85. The van der Waals surface area contributed by atoms with E-state index >= 15 is 0 Å². The lowest BCUT2D eigenvalue weighted by Crippen LogP contribution is -2.22. The average molecular weight is 329 g/mol. The van der Waals surface area contributed by atoms with Crippen molar-refractivity contribution >= 4 is 9.84 Å². The maximum absolute atomic E-state index is 12.5. The lowest BCUT2D eigenvalue weighted by atomic mass is 10.1. The quantitative estimate of drug-likeness (QED) is 0.937. The van der Waals surface area contributed by atoms with Gasteiger partial charge in [-0.15, -0.1) is 0 Å². The Bertz CT molecular complexity index is 726. The van der Waals surface area contributed by atoms with E-state index in [1.807, 2.05) is 0 Å². The summed E-state index contributed by atoms with van der Waals surface area (Å²) in [6, 6.07) is 11.1. The van der Waals surface area contributed by atoms with E-state index in [0.717, 1.165) is 12.1 Å². The fourth-order valence-corrected chi connectivity index (χ4v) is 3.41. The fourth-order valence-electron chi connectivity index (χ4n) is 1.98. The molecule has 0 spiro atoms. The number of hydrogen-bond acceptors (Lipinski definition) is 3. The van der Waals surface area contributed by atoms with Gasteiger partial charge in [0.05, 0.1) is 16.2 Å². The Morgan fingerprint density at radius 2 is 1.50 bits per heavy atom. The molecule has 0 saturated carbocycles. The van der Waals surface area contributed by atoms with Crippen LogP contribution in [-0.2, 0) is 16.0 Å². The minimum Gasteiger partial charge on any atom is -0.323 e. The molecule has 0 bridgehead atoms. The van der Waals surface area contributed by atoms with Crippen LogP contribution in [0.15, 0.2) is 59.5 Å². The van der Waals surface area contributed by atoms with E-state index in [1.54, 1.807) is 18.2 Å². The third-order valence-corrected chi connectivity index (χ3v) is 4.96. The van der Waals surface area contributed by atoms with Crippen LogP contribution >= 0.6 is 0 Å². The summed E-state index contributed by atoms with van der Waals surface area (Å²) in [6.07, 6.45) is -4.43. The van der Waals surface area contributed by atoms with E-state index in [9.17, 15) is 21.6 Å². The normalized spacial score (nSPS) is 13.8. The smallest absolute Gasteiger partial charge is 0.323 e. The number of alkyl halides is 3. The average Bonchev–Trinajstić information content (AvgIpc) is 2.47.